The highest BCUT2D eigenvalue weighted by Crippen LogP contribution is 2.45. The van der Waals surface area contributed by atoms with Crippen LogP contribution in [-0.2, 0) is 11.2 Å². The smallest absolute Gasteiger partial charge is 0.0724 e. The van der Waals surface area contributed by atoms with Gasteiger partial charge < -0.3 is 4.74 Å². The fraction of sp³-hybridized carbons (Fsp3) is 0.444. The number of hydrogen-bond acceptors (Lipinski definition) is 1. The molecule has 2 aliphatic rings. The van der Waals surface area contributed by atoms with E-state index < -0.39 is 0 Å². The molecule has 0 atom stereocenters. The van der Waals surface area contributed by atoms with Gasteiger partial charge in [0.1, 0.15) is 0 Å². The van der Waals surface area contributed by atoms with Crippen LogP contribution in [0.5, 0.6) is 0 Å². The molecule has 0 radical (unpaired) electrons. The van der Waals surface area contributed by atoms with Crippen molar-refractivity contribution in [3.05, 3.63) is 58.7 Å². The molecule has 1 aliphatic carbocycles. The molecule has 1 nitrogen and oxygen atoms in total. The topological polar surface area (TPSA) is 9.23 Å². The second kappa shape index (κ2) is 4.97. The van der Waals surface area contributed by atoms with Crippen LogP contribution in [-0.4, -0.2) is 13.2 Å². The molecule has 1 heteroatoms. The van der Waals surface area contributed by atoms with Gasteiger partial charge in [-0.15, -0.1) is 0 Å². The molecule has 1 saturated heterocycles. The van der Waals surface area contributed by atoms with Crippen LogP contribution in [0.25, 0.3) is 0 Å². The Balaban J connectivity index is 1.66. The Labute approximate surface area is 116 Å². The molecule has 1 aromatic carbocycles. The van der Waals surface area contributed by atoms with E-state index in [4.69, 9.17) is 4.74 Å². The van der Waals surface area contributed by atoms with Gasteiger partial charge in [-0.2, -0.15) is 0 Å². The van der Waals surface area contributed by atoms with E-state index in [1.54, 1.807) is 5.57 Å². The number of hydrogen-bond donors (Lipinski definition) is 0. The molecule has 100 valence electrons. The normalized spacial score (nSPS) is 20.6. The SMILES string of the molecule is CC1(C)C=C2COCC2=C1CCCc1ccccc1. The van der Waals surface area contributed by atoms with E-state index in [1.165, 1.54) is 36.0 Å². The van der Waals surface area contributed by atoms with Crippen LogP contribution in [0.4, 0.5) is 0 Å². The molecule has 1 aromatic rings. The van der Waals surface area contributed by atoms with Crippen molar-refractivity contribution in [3.63, 3.8) is 0 Å². The van der Waals surface area contributed by atoms with Gasteiger partial charge in [0.25, 0.3) is 0 Å². The Bertz CT molecular complexity index is 520. The summed E-state index contributed by atoms with van der Waals surface area (Å²) in [5, 5.41) is 0. The Morgan fingerprint density at radius 1 is 1.05 bits per heavy atom. The highest BCUT2D eigenvalue weighted by molar-refractivity contribution is 5.50. The highest BCUT2D eigenvalue weighted by atomic mass is 16.5. The lowest BCUT2D eigenvalue weighted by molar-refractivity contribution is 0.212. The quantitative estimate of drug-likeness (QED) is 0.778. The number of ether oxygens (including phenoxy) is 1. The molecule has 0 aromatic heterocycles. The molecule has 0 amide bonds. The highest BCUT2D eigenvalue weighted by Gasteiger charge is 2.34. The van der Waals surface area contributed by atoms with Crippen LogP contribution in [0.1, 0.15) is 32.3 Å². The molecule has 0 spiro atoms. The van der Waals surface area contributed by atoms with Gasteiger partial charge in [-0.1, -0.05) is 55.8 Å². The lowest BCUT2D eigenvalue weighted by Crippen LogP contribution is -2.11. The standard InChI is InChI=1S/C18H22O/c1-18(2)11-15-12-19-13-16(15)17(18)10-6-9-14-7-4-3-5-8-14/h3-5,7-8,11H,6,9-10,12-13H2,1-2H3. The summed E-state index contributed by atoms with van der Waals surface area (Å²) in [7, 11) is 0. The fourth-order valence-corrected chi connectivity index (χ4v) is 3.35. The average Bonchev–Trinajstić information content (AvgIpc) is 2.90. The second-order valence-electron chi connectivity index (χ2n) is 6.18. The Morgan fingerprint density at radius 2 is 1.84 bits per heavy atom. The van der Waals surface area contributed by atoms with Gasteiger partial charge in [-0.25, -0.2) is 0 Å². The molecule has 19 heavy (non-hydrogen) atoms. The predicted octanol–water partition coefficient (Wildman–Crippen LogP) is 4.30. The molecule has 0 N–H and O–H groups in total. The van der Waals surface area contributed by atoms with Crippen molar-refractivity contribution in [2.24, 2.45) is 5.41 Å². The maximum absolute atomic E-state index is 5.57. The summed E-state index contributed by atoms with van der Waals surface area (Å²) in [6.45, 7) is 6.32. The Kier molecular flexibility index (Phi) is 3.32. The minimum atomic E-state index is 0.241. The van der Waals surface area contributed by atoms with Gasteiger partial charge in [-0.05, 0) is 36.0 Å². The summed E-state index contributed by atoms with van der Waals surface area (Å²) < 4.78 is 5.57. The van der Waals surface area contributed by atoms with Gasteiger partial charge in [0, 0.05) is 5.41 Å². The van der Waals surface area contributed by atoms with Gasteiger partial charge >= 0.3 is 0 Å². The molecule has 0 saturated carbocycles. The van der Waals surface area contributed by atoms with E-state index in [-0.39, 0.29) is 5.41 Å². The van der Waals surface area contributed by atoms with E-state index >= 15 is 0 Å². The third kappa shape index (κ3) is 2.52. The van der Waals surface area contributed by atoms with E-state index in [2.05, 4.69) is 50.3 Å². The predicted molar refractivity (Wildman–Crippen MR) is 79.1 cm³/mol. The maximum atomic E-state index is 5.57. The summed E-state index contributed by atoms with van der Waals surface area (Å²) in [4.78, 5) is 0. The molecule has 3 rings (SSSR count). The summed E-state index contributed by atoms with van der Waals surface area (Å²) in [5.74, 6) is 0. The van der Waals surface area contributed by atoms with Crippen LogP contribution in [0.3, 0.4) is 0 Å². The minimum Gasteiger partial charge on any atom is -0.372 e. The van der Waals surface area contributed by atoms with Gasteiger partial charge in [0.15, 0.2) is 0 Å². The first kappa shape index (κ1) is 12.7. The van der Waals surface area contributed by atoms with E-state index in [0.717, 1.165) is 13.2 Å². The summed E-state index contributed by atoms with van der Waals surface area (Å²) in [6, 6.07) is 10.8. The van der Waals surface area contributed by atoms with Gasteiger partial charge in [-0.3, -0.25) is 0 Å². The van der Waals surface area contributed by atoms with Crippen molar-refractivity contribution in [2.75, 3.05) is 13.2 Å². The minimum absolute atomic E-state index is 0.241. The molecular formula is C18H22O. The lowest BCUT2D eigenvalue weighted by Gasteiger charge is -2.22. The molecule has 1 heterocycles. The van der Waals surface area contributed by atoms with Crippen LogP contribution in [0.15, 0.2) is 53.1 Å². The van der Waals surface area contributed by atoms with Crippen molar-refractivity contribution < 1.29 is 4.74 Å². The van der Waals surface area contributed by atoms with Crippen molar-refractivity contribution in [1.82, 2.24) is 0 Å². The van der Waals surface area contributed by atoms with E-state index in [1.807, 2.05) is 0 Å². The first-order valence-electron chi connectivity index (χ1n) is 7.23. The molecule has 1 fully saturated rings. The van der Waals surface area contributed by atoms with E-state index in [0.29, 0.717) is 0 Å². The Hall–Kier alpha value is -1.34. The zero-order valence-electron chi connectivity index (χ0n) is 11.9. The summed E-state index contributed by atoms with van der Waals surface area (Å²) >= 11 is 0. The number of benzene rings is 1. The molecule has 1 aliphatic heterocycles. The summed E-state index contributed by atoms with van der Waals surface area (Å²) in [6.07, 6.45) is 6.01. The fourth-order valence-electron chi connectivity index (χ4n) is 3.35. The van der Waals surface area contributed by atoms with Crippen LogP contribution in [0, 0.1) is 5.41 Å². The number of fused-ring (bicyclic) bond motifs is 1. The van der Waals surface area contributed by atoms with Crippen molar-refractivity contribution >= 4 is 0 Å². The van der Waals surface area contributed by atoms with E-state index in [9.17, 15) is 0 Å². The zero-order chi connectivity index (χ0) is 13.3. The van der Waals surface area contributed by atoms with Crippen molar-refractivity contribution in [2.45, 2.75) is 33.1 Å². The first-order valence-corrected chi connectivity index (χ1v) is 7.23. The van der Waals surface area contributed by atoms with Crippen LogP contribution < -0.4 is 0 Å². The molecular weight excluding hydrogens is 232 g/mol. The van der Waals surface area contributed by atoms with Crippen LogP contribution >= 0.6 is 0 Å². The third-order valence-corrected chi connectivity index (χ3v) is 4.30. The average molecular weight is 254 g/mol. The largest absolute Gasteiger partial charge is 0.372 e. The zero-order valence-corrected chi connectivity index (χ0v) is 11.9. The van der Waals surface area contributed by atoms with Crippen LogP contribution in [0.2, 0.25) is 0 Å². The number of allylic oxidation sites excluding steroid dienone is 2. The monoisotopic (exact) mass is 254 g/mol. The maximum Gasteiger partial charge on any atom is 0.0724 e. The third-order valence-electron chi connectivity index (χ3n) is 4.30. The molecule has 0 unspecified atom stereocenters. The second-order valence-corrected chi connectivity index (χ2v) is 6.18. The first-order chi connectivity index (χ1) is 9.17. The van der Waals surface area contributed by atoms with Gasteiger partial charge in [0.2, 0.25) is 0 Å². The Morgan fingerprint density at radius 3 is 2.63 bits per heavy atom. The van der Waals surface area contributed by atoms with Crippen molar-refractivity contribution in [1.29, 1.82) is 0 Å². The summed E-state index contributed by atoms with van der Waals surface area (Å²) in [5.41, 5.74) is 6.24. The number of aryl methyl sites for hydroxylation is 1. The van der Waals surface area contributed by atoms with Gasteiger partial charge in [0.05, 0.1) is 13.2 Å². The van der Waals surface area contributed by atoms with Crippen molar-refractivity contribution in [3.8, 4) is 0 Å². The number of rotatable bonds is 4. The lowest BCUT2D eigenvalue weighted by atomic mass is 9.83. The molecule has 0 bridgehead atoms.